The summed E-state index contributed by atoms with van der Waals surface area (Å²) in [6.45, 7) is 1.46. The highest BCUT2D eigenvalue weighted by molar-refractivity contribution is 8.55. The molecule has 0 rings (SSSR count). The van der Waals surface area contributed by atoms with E-state index in [2.05, 4.69) is 0 Å². The van der Waals surface area contributed by atoms with E-state index >= 15 is 0 Å². The molecule has 0 atom stereocenters. The second kappa shape index (κ2) is 7.22. The fraction of sp³-hybridized carbons (Fsp3) is 1.00. The Kier molecular flexibility index (Phi) is 7.69. The Labute approximate surface area is 82.4 Å². The molecule has 0 fully saturated rings. The van der Waals surface area contributed by atoms with Gasteiger partial charge in [0, 0.05) is 11.6 Å². The molecule has 0 aliphatic rings. The van der Waals surface area contributed by atoms with Gasteiger partial charge in [-0.1, -0.05) is 0 Å². The van der Waals surface area contributed by atoms with E-state index in [4.69, 9.17) is 20.6 Å². The summed E-state index contributed by atoms with van der Waals surface area (Å²) in [5, 5.41) is 0. The minimum absolute atomic E-state index is 0.395. The third-order valence-corrected chi connectivity index (χ3v) is 5.29. The Hall–Kier alpha value is 0.790. The minimum atomic E-state index is -2.90. The third-order valence-electron chi connectivity index (χ3n) is 0.901. The lowest BCUT2D eigenvalue weighted by atomic mass is 10.9. The normalized spacial score (nSPS) is 11.9. The topological polar surface area (TPSA) is 35.5 Å². The van der Waals surface area contributed by atoms with Crippen LogP contribution < -0.4 is 0 Å². The minimum Gasteiger partial charge on any atom is -0.301 e. The van der Waals surface area contributed by atoms with E-state index in [1.54, 1.807) is 13.8 Å². The molecule has 74 valence electrons. The predicted octanol–water partition coefficient (Wildman–Crippen LogP) is 3.14. The van der Waals surface area contributed by atoms with Gasteiger partial charge in [-0.2, -0.15) is 0 Å². The predicted molar refractivity (Wildman–Crippen MR) is 54.0 cm³/mol. The standard InChI is InChI=1S/C6H14ClO3PS/c1-3-9-11(8,10-4-2)12-6-5-7/h3-6H2,1-2H3. The molecule has 0 unspecified atom stereocenters. The van der Waals surface area contributed by atoms with Crippen LogP contribution >= 0.6 is 29.8 Å². The molecule has 0 spiro atoms. The van der Waals surface area contributed by atoms with Crippen LogP contribution in [0.3, 0.4) is 0 Å². The van der Waals surface area contributed by atoms with Crippen molar-refractivity contribution >= 4 is 29.8 Å². The van der Waals surface area contributed by atoms with E-state index in [1.807, 2.05) is 0 Å². The maximum absolute atomic E-state index is 11.6. The summed E-state index contributed by atoms with van der Waals surface area (Å²) in [6, 6.07) is 0. The molecule has 0 aliphatic carbocycles. The van der Waals surface area contributed by atoms with Crippen molar-refractivity contribution in [1.29, 1.82) is 0 Å². The van der Waals surface area contributed by atoms with E-state index in [9.17, 15) is 4.57 Å². The first-order valence-electron chi connectivity index (χ1n) is 3.78. The summed E-state index contributed by atoms with van der Waals surface area (Å²) in [6.07, 6.45) is 0. The maximum Gasteiger partial charge on any atom is 0.389 e. The molecule has 0 aromatic rings. The Morgan fingerprint density at radius 2 is 1.83 bits per heavy atom. The summed E-state index contributed by atoms with van der Waals surface area (Å²) >= 11 is 6.61. The van der Waals surface area contributed by atoms with Gasteiger partial charge >= 0.3 is 6.80 Å². The summed E-state index contributed by atoms with van der Waals surface area (Å²) in [5.74, 6) is 1.04. The molecule has 0 heterocycles. The van der Waals surface area contributed by atoms with Crippen LogP contribution in [0, 0.1) is 0 Å². The molecular weight excluding hydrogens is 219 g/mol. The van der Waals surface area contributed by atoms with E-state index in [0.717, 1.165) is 11.4 Å². The van der Waals surface area contributed by atoms with Gasteiger partial charge < -0.3 is 9.05 Å². The zero-order valence-electron chi connectivity index (χ0n) is 7.29. The van der Waals surface area contributed by atoms with Crippen LogP contribution in [-0.2, 0) is 13.6 Å². The molecule has 12 heavy (non-hydrogen) atoms. The van der Waals surface area contributed by atoms with Crippen molar-refractivity contribution in [1.82, 2.24) is 0 Å². The summed E-state index contributed by atoms with van der Waals surface area (Å²) in [7, 11) is 0. The van der Waals surface area contributed by atoms with Crippen LogP contribution in [-0.4, -0.2) is 24.8 Å². The van der Waals surface area contributed by atoms with Crippen LogP contribution in [0.1, 0.15) is 13.8 Å². The molecular formula is C6H14ClO3PS. The zero-order chi connectivity index (χ0) is 9.45. The van der Waals surface area contributed by atoms with Crippen LogP contribution in [0.15, 0.2) is 0 Å². The van der Waals surface area contributed by atoms with E-state index in [0.29, 0.717) is 24.8 Å². The van der Waals surface area contributed by atoms with Crippen LogP contribution in [0.4, 0.5) is 0 Å². The fourth-order valence-corrected chi connectivity index (χ4v) is 4.30. The molecule has 0 saturated carbocycles. The van der Waals surface area contributed by atoms with Gasteiger partial charge in [0.25, 0.3) is 0 Å². The Morgan fingerprint density at radius 1 is 1.33 bits per heavy atom. The molecule has 0 aliphatic heterocycles. The van der Waals surface area contributed by atoms with Crippen molar-refractivity contribution in [3.05, 3.63) is 0 Å². The van der Waals surface area contributed by atoms with Crippen LogP contribution in [0.2, 0.25) is 0 Å². The van der Waals surface area contributed by atoms with Crippen LogP contribution in [0.25, 0.3) is 0 Å². The van der Waals surface area contributed by atoms with Crippen molar-refractivity contribution in [3.8, 4) is 0 Å². The molecule has 0 bridgehead atoms. The number of alkyl halides is 1. The Morgan fingerprint density at radius 3 is 2.17 bits per heavy atom. The van der Waals surface area contributed by atoms with E-state index in [1.165, 1.54) is 0 Å². The number of halogens is 1. The molecule has 0 aromatic carbocycles. The molecule has 0 N–H and O–H groups in total. The highest BCUT2D eigenvalue weighted by atomic mass is 35.5. The van der Waals surface area contributed by atoms with Gasteiger partial charge in [-0.25, -0.2) is 4.57 Å². The largest absolute Gasteiger partial charge is 0.389 e. The first kappa shape index (κ1) is 12.8. The second-order valence-corrected chi connectivity index (χ2v) is 6.38. The van der Waals surface area contributed by atoms with E-state index in [-0.39, 0.29) is 0 Å². The van der Waals surface area contributed by atoms with Gasteiger partial charge in [-0.15, -0.1) is 11.6 Å². The van der Waals surface area contributed by atoms with Crippen molar-refractivity contribution in [2.24, 2.45) is 0 Å². The first-order chi connectivity index (χ1) is 5.68. The zero-order valence-corrected chi connectivity index (χ0v) is 9.75. The van der Waals surface area contributed by atoms with Gasteiger partial charge in [0.1, 0.15) is 0 Å². The molecule has 0 amide bonds. The van der Waals surface area contributed by atoms with Crippen molar-refractivity contribution in [2.75, 3.05) is 24.8 Å². The van der Waals surface area contributed by atoms with Crippen LogP contribution in [0.5, 0.6) is 0 Å². The van der Waals surface area contributed by atoms with Gasteiger partial charge in [0.05, 0.1) is 13.2 Å². The quantitative estimate of drug-likeness (QED) is 0.499. The van der Waals surface area contributed by atoms with Gasteiger partial charge in [0.15, 0.2) is 0 Å². The summed E-state index contributed by atoms with van der Waals surface area (Å²) in [5.41, 5.74) is 0. The Balaban J connectivity index is 3.90. The highest BCUT2D eigenvalue weighted by Gasteiger charge is 2.23. The number of rotatable bonds is 7. The third kappa shape index (κ3) is 5.44. The van der Waals surface area contributed by atoms with Gasteiger partial charge in [-0.05, 0) is 25.2 Å². The molecule has 3 nitrogen and oxygen atoms in total. The summed E-state index contributed by atoms with van der Waals surface area (Å²) in [4.78, 5) is 0. The first-order valence-corrected chi connectivity index (χ1v) is 7.45. The number of hydrogen-bond donors (Lipinski definition) is 0. The average molecular weight is 233 g/mol. The maximum atomic E-state index is 11.6. The molecule has 6 heteroatoms. The monoisotopic (exact) mass is 232 g/mol. The second-order valence-electron chi connectivity index (χ2n) is 1.80. The van der Waals surface area contributed by atoms with Gasteiger partial charge in [-0.3, -0.25) is 0 Å². The number of hydrogen-bond acceptors (Lipinski definition) is 4. The average Bonchev–Trinajstić information content (AvgIpc) is 2.02. The van der Waals surface area contributed by atoms with Crippen molar-refractivity contribution in [2.45, 2.75) is 13.8 Å². The fourth-order valence-electron chi connectivity index (χ4n) is 0.574. The highest BCUT2D eigenvalue weighted by Crippen LogP contribution is 2.60. The molecule has 0 aromatic heterocycles. The van der Waals surface area contributed by atoms with Gasteiger partial charge in [0.2, 0.25) is 0 Å². The SMILES string of the molecule is CCOP(=O)(OCC)SCCCl. The van der Waals surface area contributed by atoms with E-state index < -0.39 is 6.80 Å². The lowest BCUT2D eigenvalue weighted by Gasteiger charge is -2.14. The smallest absolute Gasteiger partial charge is 0.301 e. The van der Waals surface area contributed by atoms with Crippen molar-refractivity contribution < 1.29 is 13.6 Å². The van der Waals surface area contributed by atoms with Crippen molar-refractivity contribution in [3.63, 3.8) is 0 Å². The lowest BCUT2D eigenvalue weighted by molar-refractivity contribution is 0.237. The molecule has 0 saturated heterocycles. The molecule has 0 radical (unpaired) electrons. The lowest BCUT2D eigenvalue weighted by Crippen LogP contribution is -1.93. The Bertz CT molecular complexity index is 146. The summed E-state index contributed by atoms with van der Waals surface area (Å²) < 4.78 is 21.7.